The van der Waals surface area contributed by atoms with Crippen molar-refractivity contribution in [3.8, 4) is 0 Å². The summed E-state index contributed by atoms with van der Waals surface area (Å²) in [6.45, 7) is 3.91. The van der Waals surface area contributed by atoms with E-state index in [0.29, 0.717) is 6.54 Å². The molecule has 0 saturated carbocycles. The molecule has 0 bridgehead atoms. The summed E-state index contributed by atoms with van der Waals surface area (Å²) in [6, 6.07) is 7.93. The van der Waals surface area contributed by atoms with Gasteiger partial charge in [0, 0.05) is 0 Å². The van der Waals surface area contributed by atoms with Gasteiger partial charge < -0.3 is 0 Å². The second kappa shape index (κ2) is 7.13. The van der Waals surface area contributed by atoms with Crippen LogP contribution in [0, 0.1) is 24.0 Å². The number of nitrogens with one attached hydrogen (secondary N) is 1. The highest BCUT2D eigenvalue weighted by Gasteiger charge is 2.17. The van der Waals surface area contributed by atoms with Crippen LogP contribution in [0.15, 0.2) is 36.8 Å². The lowest BCUT2D eigenvalue weighted by Gasteiger charge is -2.04. The number of rotatable bonds is 6. The van der Waals surface area contributed by atoms with Gasteiger partial charge in [0.2, 0.25) is 11.9 Å². The third kappa shape index (κ3) is 3.91. The fourth-order valence-electron chi connectivity index (χ4n) is 2.47. The molecule has 3 aromatic rings. The molecule has 26 heavy (non-hydrogen) atoms. The number of carbonyl (C=O) groups is 1. The molecule has 10 nitrogen and oxygen atoms in total. The molecule has 0 unspecified atom stereocenters. The largest absolute Gasteiger partial charge is 0.309 e. The summed E-state index contributed by atoms with van der Waals surface area (Å²) in [5.41, 5.74) is 2.38. The van der Waals surface area contributed by atoms with Gasteiger partial charge in [-0.05, 0) is 25.0 Å². The zero-order chi connectivity index (χ0) is 18.7. The lowest BCUT2D eigenvalue weighted by Crippen LogP contribution is -2.20. The molecule has 10 heteroatoms. The minimum absolute atomic E-state index is 0.126. The average molecular weight is 355 g/mol. The van der Waals surface area contributed by atoms with Crippen molar-refractivity contribution < 1.29 is 9.72 Å². The summed E-state index contributed by atoms with van der Waals surface area (Å²) in [7, 11) is 0. The zero-order valence-electron chi connectivity index (χ0n) is 14.3. The SMILES string of the molecule is Cc1ccccc1Cn1cnc(NC(=O)Cn2cc([N+](=O)[O-])c(C)n2)n1. The van der Waals surface area contributed by atoms with Gasteiger partial charge in [0.1, 0.15) is 24.8 Å². The van der Waals surface area contributed by atoms with E-state index in [1.807, 2.05) is 31.2 Å². The molecule has 2 aromatic heterocycles. The summed E-state index contributed by atoms with van der Waals surface area (Å²) in [6.07, 6.45) is 2.75. The van der Waals surface area contributed by atoms with Crippen LogP contribution >= 0.6 is 0 Å². The van der Waals surface area contributed by atoms with E-state index >= 15 is 0 Å². The standard InChI is InChI=1S/C16H17N7O3/c1-11-5-3-4-6-13(11)7-22-10-17-16(20-22)18-15(24)9-21-8-14(23(25)26)12(2)19-21/h3-6,8,10H,7,9H2,1-2H3,(H,18,20,24). The molecule has 0 spiro atoms. The van der Waals surface area contributed by atoms with Crippen LogP contribution in [0.3, 0.4) is 0 Å². The number of aryl methyl sites for hydroxylation is 2. The summed E-state index contributed by atoms with van der Waals surface area (Å²) in [5, 5.41) is 21.5. The first kappa shape index (κ1) is 17.3. The molecule has 0 saturated heterocycles. The topological polar surface area (TPSA) is 121 Å². The van der Waals surface area contributed by atoms with Crippen LogP contribution in [0.5, 0.6) is 0 Å². The van der Waals surface area contributed by atoms with E-state index in [-0.39, 0.29) is 23.9 Å². The van der Waals surface area contributed by atoms with Crippen LogP contribution in [-0.4, -0.2) is 35.4 Å². The first-order valence-corrected chi connectivity index (χ1v) is 7.84. The first-order valence-electron chi connectivity index (χ1n) is 7.84. The quantitative estimate of drug-likeness (QED) is 0.530. The van der Waals surface area contributed by atoms with Crippen molar-refractivity contribution in [2.45, 2.75) is 26.9 Å². The van der Waals surface area contributed by atoms with E-state index in [1.54, 1.807) is 4.68 Å². The normalized spacial score (nSPS) is 10.7. The van der Waals surface area contributed by atoms with Crippen LogP contribution in [-0.2, 0) is 17.9 Å². The fourth-order valence-corrected chi connectivity index (χ4v) is 2.47. The van der Waals surface area contributed by atoms with Crippen LogP contribution in [0.2, 0.25) is 0 Å². The molecule has 0 aliphatic heterocycles. The summed E-state index contributed by atoms with van der Waals surface area (Å²) < 4.78 is 2.84. The molecule has 2 heterocycles. The molecule has 0 radical (unpaired) electrons. The van der Waals surface area contributed by atoms with Crippen LogP contribution in [0.4, 0.5) is 11.6 Å². The predicted molar refractivity (Wildman–Crippen MR) is 92.6 cm³/mol. The molecule has 134 valence electrons. The number of nitro groups is 1. The average Bonchev–Trinajstić information content (AvgIpc) is 3.16. The molecule has 1 amide bonds. The summed E-state index contributed by atoms with van der Waals surface area (Å²) in [5.74, 6) is -0.252. The molecule has 0 atom stereocenters. The van der Waals surface area contributed by atoms with Gasteiger partial charge in [0.15, 0.2) is 0 Å². The molecule has 3 rings (SSSR count). The maximum atomic E-state index is 12.1. The number of carbonyl (C=O) groups excluding carboxylic acids is 1. The molecule has 1 aromatic carbocycles. The minimum atomic E-state index is -0.536. The van der Waals surface area contributed by atoms with Gasteiger partial charge in [-0.2, -0.15) is 5.10 Å². The molecular weight excluding hydrogens is 338 g/mol. The van der Waals surface area contributed by atoms with Crippen molar-refractivity contribution in [1.82, 2.24) is 24.5 Å². The third-order valence-corrected chi connectivity index (χ3v) is 3.80. The minimum Gasteiger partial charge on any atom is -0.292 e. The predicted octanol–water partition coefficient (Wildman–Crippen LogP) is 1.69. The fraction of sp³-hybridized carbons (Fsp3) is 0.250. The Hall–Kier alpha value is -3.56. The number of anilines is 1. The molecule has 0 aliphatic carbocycles. The number of hydrogen-bond donors (Lipinski definition) is 1. The highest BCUT2D eigenvalue weighted by Crippen LogP contribution is 2.15. The second-order valence-corrected chi connectivity index (χ2v) is 5.79. The van der Waals surface area contributed by atoms with Gasteiger partial charge in [0.05, 0.1) is 11.5 Å². The van der Waals surface area contributed by atoms with Crippen molar-refractivity contribution in [2.75, 3.05) is 5.32 Å². The van der Waals surface area contributed by atoms with E-state index < -0.39 is 10.8 Å². The lowest BCUT2D eigenvalue weighted by molar-refractivity contribution is -0.385. The molecule has 0 fully saturated rings. The van der Waals surface area contributed by atoms with E-state index in [4.69, 9.17) is 0 Å². The van der Waals surface area contributed by atoms with Gasteiger partial charge in [-0.3, -0.25) is 24.9 Å². The Morgan fingerprint density at radius 1 is 1.23 bits per heavy atom. The summed E-state index contributed by atoms with van der Waals surface area (Å²) in [4.78, 5) is 26.4. The number of aromatic nitrogens is 5. The van der Waals surface area contributed by atoms with Gasteiger partial charge in [-0.1, -0.05) is 24.3 Å². The maximum Gasteiger partial charge on any atom is 0.309 e. The van der Waals surface area contributed by atoms with Crippen molar-refractivity contribution in [3.05, 3.63) is 63.7 Å². The molecule has 1 N–H and O–H groups in total. The van der Waals surface area contributed by atoms with Crippen molar-refractivity contribution >= 4 is 17.5 Å². The number of hydrogen-bond acceptors (Lipinski definition) is 6. The Kier molecular flexibility index (Phi) is 4.74. The highest BCUT2D eigenvalue weighted by molar-refractivity contribution is 5.88. The molecule has 0 aliphatic rings. The Morgan fingerprint density at radius 3 is 2.69 bits per heavy atom. The second-order valence-electron chi connectivity index (χ2n) is 5.79. The van der Waals surface area contributed by atoms with Gasteiger partial charge in [0.25, 0.3) is 0 Å². The van der Waals surface area contributed by atoms with E-state index in [2.05, 4.69) is 20.5 Å². The zero-order valence-corrected chi connectivity index (χ0v) is 14.3. The molecular formula is C16H17N7O3. The van der Waals surface area contributed by atoms with E-state index in [0.717, 1.165) is 11.1 Å². The van der Waals surface area contributed by atoms with E-state index in [1.165, 1.54) is 24.1 Å². The van der Waals surface area contributed by atoms with Crippen LogP contribution in [0.25, 0.3) is 0 Å². The van der Waals surface area contributed by atoms with Crippen molar-refractivity contribution in [2.24, 2.45) is 0 Å². The maximum absolute atomic E-state index is 12.1. The van der Waals surface area contributed by atoms with Gasteiger partial charge in [-0.15, -0.1) is 5.10 Å². The Morgan fingerprint density at radius 2 is 2.00 bits per heavy atom. The third-order valence-electron chi connectivity index (χ3n) is 3.80. The van der Waals surface area contributed by atoms with Crippen molar-refractivity contribution in [1.29, 1.82) is 0 Å². The van der Waals surface area contributed by atoms with Gasteiger partial charge in [-0.25, -0.2) is 9.67 Å². The van der Waals surface area contributed by atoms with E-state index in [9.17, 15) is 14.9 Å². The monoisotopic (exact) mass is 355 g/mol. The highest BCUT2D eigenvalue weighted by atomic mass is 16.6. The number of nitrogens with zero attached hydrogens (tertiary/aromatic N) is 6. The van der Waals surface area contributed by atoms with Crippen LogP contribution < -0.4 is 5.32 Å². The lowest BCUT2D eigenvalue weighted by atomic mass is 10.1. The Labute approximate surface area is 148 Å². The Bertz CT molecular complexity index is 960. The van der Waals surface area contributed by atoms with Gasteiger partial charge >= 0.3 is 5.69 Å². The smallest absolute Gasteiger partial charge is 0.292 e. The van der Waals surface area contributed by atoms with Crippen molar-refractivity contribution in [3.63, 3.8) is 0 Å². The van der Waals surface area contributed by atoms with Crippen LogP contribution in [0.1, 0.15) is 16.8 Å². The number of amides is 1. The summed E-state index contributed by atoms with van der Waals surface area (Å²) >= 11 is 0. The number of benzene rings is 1. The first-order chi connectivity index (χ1) is 12.4. The Balaban J connectivity index is 1.62.